The van der Waals surface area contributed by atoms with Gasteiger partial charge in [-0.25, -0.2) is 0 Å². The quantitative estimate of drug-likeness (QED) is 0.470. The number of hydrogen-bond donors (Lipinski definition) is 0. The van der Waals surface area contributed by atoms with Crippen LogP contribution in [0.2, 0.25) is 0 Å². The van der Waals surface area contributed by atoms with Gasteiger partial charge in [0.25, 0.3) is 0 Å². The summed E-state index contributed by atoms with van der Waals surface area (Å²) in [6.07, 6.45) is 4.53. The van der Waals surface area contributed by atoms with E-state index in [9.17, 15) is 0 Å². The van der Waals surface area contributed by atoms with E-state index in [1.165, 1.54) is 12.8 Å². The zero-order valence-corrected chi connectivity index (χ0v) is 6.30. The van der Waals surface area contributed by atoms with Crippen molar-refractivity contribution in [3.63, 3.8) is 0 Å². The fraction of sp³-hybridized carbons (Fsp3) is 0.875. The minimum absolute atomic E-state index is 0.844. The van der Waals surface area contributed by atoms with Crippen molar-refractivity contribution < 1.29 is 0 Å². The summed E-state index contributed by atoms with van der Waals surface area (Å²) >= 11 is 0. The largest absolute Gasteiger partial charge is 0.298 e. The van der Waals surface area contributed by atoms with Crippen LogP contribution in [0.1, 0.15) is 26.7 Å². The maximum atomic E-state index is 4.25. The molecule has 1 aliphatic heterocycles. The fourth-order valence-corrected chi connectivity index (χ4v) is 1.13. The molecule has 1 nitrogen and oxygen atoms in total. The third-order valence-corrected chi connectivity index (χ3v) is 2.29. The standard InChI is InChI=1S/C8H15N/c1-7-3-5-9-6-4-8(7)2/h5,7-8H,3-4,6H2,1-2H3. The molecule has 1 heteroatoms. The molecule has 0 radical (unpaired) electrons. The van der Waals surface area contributed by atoms with E-state index in [1.807, 2.05) is 0 Å². The Morgan fingerprint density at radius 2 is 2.11 bits per heavy atom. The molecule has 1 rings (SSSR count). The molecule has 0 aliphatic carbocycles. The van der Waals surface area contributed by atoms with Crippen LogP contribution < -0.4 is 0 Å². The first-order chi connectivity index (χ1) is 4.30. The fourth-order valence-electron chi connectivity index (χ4n) is 1.13. The highest BCUT2D eigenvalue weighted by Crippen LogP contribution is 2.19. The Morgan fingerprint density at radius 1 is 1.33 bits per heavy atom. The highest BCUT2D eigenvalue weighted by molar-refractivity contribution is 5.57. The lowest BCUT2D eigenvalue weighted by Gasteiger charge is -2.13. The van der Waals surface area contributed by atoms with Crippen LogP contribution in [0.4, 0.5) is 0 Å². The number of hydrogen-bond acceptors (Lipinski definition) is 1. The second-order valence-electron chi connectivity index (χ2n) is 3.07. The van der Waals surface area contributed by atoms with Crippen LogP contribution in [0.5, 0.6) is 0 Å². The summed E-state index contributed by atoms with van der Waals surface area (Å²) < 4.78 is 0. The SMILES string of the molecule is CC1CC=NCCC1C. The van der Waals surface area contributed by atoms with E-state index >= 15 is 0 Å². The Labute approximate surface area is 57.2 Å². The zero-order chi connectivity index (χ0) is 6.69. The highest BCUT2D eigenvalue weighted by atomic mass is 14.7. The summed E-state index contributed by atoms with van der Waals surface area (Å²) in [5.74, 6) is 1.71. The molecule has 9 heavy (non-hydrogen) atoms. The lowest BCUT2D eigenvalue weighted by molar-refractivity contribution is 0.390. The first kappa shape index (κ1) is 6.79. The summed E-state index contributed by atoms with van der Waals surface area (Å²) in [6, 6.07) is 0. The van der Waals surface area contributed by atoms with Gasteiger partial charge in [0.2, 0.25) is 0 Å². The van der Waals surface area contributed by atoms with E-state index in [0.29, 0.717) is 0 Å². The minimum Gasteiger partial charge on any atom is -0.298 e. The Kier molecular flexibility index (Phi) is 2.26. The third-order valence-electron chi connectivity index (χ3n) is 2.29. The van der Waals surface area contributed by atoms with Gasteiger partial charge >= 0.3 is 0 Å². The van der Waals surface area contributed by atoms with Gasteiger partial charge in [-0.2, -0.15) is 0 Å². The highest BCUT2D eigenvalue weighted by Gasteiger charge is 2.11. The molecule has 0 aromatic heterocycles. The van der Waals surface area contributed by atoms with Gasteiger partial charge in [-0.1, -0.05) is 13.8 Å². The van der Waals surface area contributed by atoms with Gasteiger partial charge in [-0.05, 0) is 30.9 Å². The van der Waals surface area contributed by atoms with Gasteiger partial charge in [0.15, 0.2) is 0 Å². The Hall–Kier alpha value is -0.330. The van der Waals surface area contributed by atoms with Crippen molar-refractivity contribution in [2.45, 2.75) is 26.7 Å². The van der Waals surface area contributed by atoms with Crippen molar-refractivity contribution in [2.75, 3.05) is 6.54 Å². The molecule has 0 spiro atoms. The van der Waals surface area contributed by atoms with E-state index in [4.69, 9.17) is 0 Å². The lowest BCUT2D eigenvalue weighted by Crippen LogP contribution is -2.06. The molecular weight excluding hydrogens is 110 g/mol. The van der Waals surface area contributed by atoms with Crippen LogP contribution in [0.3, 0.4) is 0 Å². The van der Waals surface area contributed by atoms with Crippen LogP contribution in [0.25, 0.3) is 0 Å². The summed E-state index contributed by atoms with van der Waals surface area (Å²) in [4.78, 5) is 4.25. The second kappa shape index (κ2) is 3.00. The summed E-state index contributed by atoms with van der Waals surface area (Å²) in [6.45, 7) is 5.67. The first-order valence-corrected chi connectivity index (χ1v) is 3.79. The number of nitrogens with zero attached hydrogens (tertiary/aromatic N) is 1. The summed E-state index contributed by atoms with van der Waals surface area (Å²) in [5.41, 5.74) is 0. The molecular formula is C8H15N. The third kappa shape index (κ3) is 1.81. The zero-order valence-electron chi connectivity index (χ0n) is 6.30. The topological polar surface area (TPSA) is 12.4 Å². The normalized spacial score (nSPS) is 36.2. The predicted molar refractivity (Wildman–Crippen MR) is 40.9 cm³/mol. The van der Waals surface area contributed by atoms with Gasteiger partial charge < -0.3 is 0 Å². The molecule has 0 aromatic rings. The first-order valence-electron chi connectivity index (χ1n) is 3.79. The predicted octanol–water partition coefficient (Wildman–Crippen LogP) is 2.12. The maximum Gasteiger partial charge on any atom is 0.0388 e. The van der Waals surface area contributed by atoms with Crippen molar-refractivity contribution in [1.82, 2.24) is 0 Å². The smallest absolute Gasteiger partial charge is 0.0388 e. The molecule has 0 saturated carbocycles. The molecule has 52 valence electrons. The van der Waals surface area contributed by atoms with Crippen molar-refractivity contribution in [3.8, 4) is 0 Å². The monoisotopic (exact) mass is 125 g/mol. The molecule has 0 fully saturated rings. The van der Waals surface area contributed by atoms with Crippen molar-refractivity contribution in [1.29, 1.82) is 0 Å². The molecule has 0 saturated heterocycles. The van der Waals surface area contributed by atoms with Gasteiger partial charge in [0.1, 0.15) is 0 Å². The van der Waals surface area contributed by atoms with Gasteiger partial charge in [-0.15, -0.1) is 0 Å². The molecule has 0 N–H and O–H groups in total. The second-order valence-corrected chi connectivity index (χ2v) is 3.07. The average molecular weight is 125 g/mol. The number of rotatable bonds is 0. The lowest BCUT2D eigenvalue weighted by atomic mass is 9.92. The molecule has 0 aromatic carbocycles. The van der Waals surface area contributed by atoms with Gasteiger partial charge in [-0.3, -0.25) is 4.99 Å². The van der Waals surface area contributed by atoms with Crippen LogP contribution in [-0.4, -0.2) is 12.8 Å². The molecule has 0 bridgehead atoms. The maximum absolute atomic E-state index is 4.25. The van der Waals surface area contributed by atoms with Crippen LogP contribution >= 0.6 is 0 Å². The van der Waals surface area contributed by atoms with Crippen LogP contribution in [-0.2, 0) is 0 Å². The number of aliphatic imine (C=N–C) groups is 1. The van der Waals surface area contributed by atoms with Crippen molar-refractivity contribution in [2.24, 2.45) is 16.8 Å². The van der Waals surface area contributed by atoms with Crippen LogP contribution in [0, 0.1) is 11.8 Å². The van der Waals surface area contributed by atoms with Crippen LogP contribution in [0.15, 0.2) is 4.99 Å². The molecule has 1 aliphatic rings. The van der Waals surface area contributed by atoms with Crippen molar-refractivity contribution >= 4 is 6.21 Å². The van der Waals surface area contributed by atoms with E-state index in [-0.39, 0.29) is 0 Å². The minimum atomic E-state index is 0.844. The Balaban J connectivity index is 2.42. The van der Waals surface area contributed by atoms with E-state index in [0.717, 1.165) is 18.4 Å². The van der Waals surface area contributed by atoms with Gasteiger partial charge in [0, 0.05) is 6.54 Å². The van der Waals surface area contributed by atoms with E-state index in [2.05, 4.69) is 25.1 Å². The summed E-state index contributed by atoms with van der Waals surface area (Å²) in [7, 11) is 0. The van der Waals surface area contributed by atoms with Crippen molar-refractivity contribution in [3.05, 3.63) is 0 Å². The molecule has 1 heterocycles. The Morgan fingerprint density at radius 3 is 2.89 bits per heavy atom. The Bertz CT molecular complexity index is 107. The van der Waals surface area contributed by atoms with E-state index in [1.54, 1.807) is 0 Å². The average Bonchev–Trinajstić information content (AvgIpc) is 1.99. The molecule has 0 amide bonds. The summed E-state index contributed by atoms with van der Waals surface area (Å²) in [5, 5.41) is 0. The van der Waals surface area contributed by atoms with E-state index < -0.39 is 0 Å². The molecule has 2 atom stereocenters. The molecule has 2 unspecified atom stereocenters. The van der Waals surface area contributed by atoms with Gasteiger partial charge in [0.05, 0.1) is 0 Å².